The minimum absolute atomic E-state index is 0.377. The molecule has 0 bridgehead atoms. The van der Waals surface area contributed by atoms with Crippen molar-refractivity contribution in [1.29, 1.82) is 0 Å². The molecule has 2 rings (SSSR count). The number of nitrogens with one attached hydrogen (secondary N) is 1. The monoisotopic (exact) mass is 306 g/mol. The third-order valence-electron chi connectivity index (χ3n) is 2.84. The van der Waals surface area contributed by atoms with Gasteiger partial charge in [0.1, 0.15) is 12.4 Å². The molecule has 0 saturated carbocycles. The van der Waals surface area contributed by atoms with Gasteiger partial charge in [-0.25, -0.2) is 0 Å². The van der Waals surface area contributed by atoms with Gasteiger partial charge in [0.05, 0.1) is 5.69 Å². The Balaban J connectivity index is 2.14. The molecule has 0 aromatic heterocycles. The highest BCUT2D eigenvalue weighted by Gasteiger charge is 2.15. The van der Waals surface area contributed by atoms with E-state index in [4.69, 9.17) is 4.74 Å². The SMILES string of the molecule is CN(C)S(=O)(=O)Nc1ccccc1OCc1ccccc1. The summed E-state index contributed by atoms with van der Waals surface area (Å²) in [5.41, 5.74) is 1.44. The summed E-state index contributed by atoms with van der Waals surface area (Å²) in [4.78, 5) is 0. The minimum Gasteiger partial charge on any atom is -0.487 e. The highest BCUT2D eigenvalue weighted by atomic mass is 32.2. The fraction of sp³-hybridized carbons (Fsp3) is 0.200. The van der Waals surface area contributed by atoms with Gasteiger partial charge in [0, 0.05) is 14.1 Å². The van der Waals surface area contributed by atoms with Gasteiger partial charge in [0.2, 0.25) is 0 Å². The van der Waals surface area contributed by atoms with Crippen LogP contribution in [0.4, 0.5) is 5.69 Å². The Kier molecular flexibility index (Phi) is 4.82. The van der Waals surface area contributed by atoms with Gasteiger partial charge < -0.3 is 4.74 Å². The largest absolute Gasteiger partial charge is 0.487 e. The molecule has 21 heavy (non-hydrogen) atoms. The lowest BCUT2D eigenvalue weighted by Crippen LogP contribution is -2.29. The van der Waals surface area contributed by atoms with E-state index in [1.807, 2.05) is 30.3 Å². The topological polar surface area (TPSA) is 58.6 Å². The molecule has 0 heterocycles. The number of nitrogens with zero attached hydrogens (tertiary/aromatic N) is 1. The van der Waals surface area contributed by atoms with E-state index < -0.39 is 10.2 Å². The van der Waals surface area contributed by atoms with Crippen LogP contribution in [0.15, 0.2) is 54.6 Å². The Morgan fingerprint density at radius 3 is 2.29 bits per heavy atom. The van der Waals surface area contributed by atoms with Crippen LogP contribution in [0.1, 0.15) is 5.56 Å². The number of ether oxygens (including phenoxy) is 1. The van der Waals surface area contributed by atoms with Crippen LogP contribution in [-0.2, 0) is 16.8 Å². The summed E-state index contributed by atoms with van der Waals surface area (Å²) in [7, 11) is -0.617. The highest BCUT2D eigenvalue weighted by Crippen LogP contribution is 2.26. The van der Waals surface area contributed by atoms with Crippen molar-refractivity contribution in [2.24, 2.45) is 0 Å². The van der Waals surface area contributed by atoms with Crippen LogP contribution in [0.5, 0.6) is 5.75 Å². The van der Waals surface area contributed by atoms with Crippen LogP contribution >= 0.6 is 0 Å². The van der Waals surface area contributed by atoms with Crippen molar-refractivity contribution in [3.05, 3.63) is 60.2 Å². The first kappa shape index (κ1) is 15.3. The molecule has 0 saturated heterocycles. The maximum Gasteiger partial charge on any atom is 0.301 e. The molecule has 0 amide bonds. The summed E-state index contributed by atoms with van der Waals surface area (Å²) in [5.74, 6) is 0.492. The second-order valence-corrected chi connectivity index (χ2v) is 6.54. The normalized spacial score (nSPS) is 11.4. The molecule has 0 spiro atoms. The van der Waals surface area contributed by atoms with Crippen LogP contribution in [0.3, 0.4) is 0 Å². The average Bonchev–Trinajstić information content (AvgIpc) is 2.47. The first-order valence-corrected chi connectivity index (χ1v) is 7.89. The summed E-state index contributed by atoms with van der Waals surface area (Å²) in [6.07, 6.45) is 0. The number of anilines is 1. The third kappa shape index (κ3) is 4.21. The van der Waals surface area contributed by atoms with E-state index in [0.29, 0.717) is 18.0 Å². The number of hydrogen-bond acceptors (Lipinski definition) is 3. The van der Waals surface area contributed by atoms with Crippen molar-refractivity contribution in [3.63, 3.8) is 0 Å². The van der Waals surface area contributed by atoms with Gasteiger partial charge in [-0.15, -0.1) is 0 Å². The van der Waals surface area contributed by atoms with Crippen LogP contribution < -0.4 is 9.46 Å². The van der Waals surface area contributed by atoms with Crippen LogP contribution in [0.25, 0.3) is 0 Å². The van der Waals surface area contributed by atoms with E-state index in [2.05, 4.69) is 4.72 Å². The van der Waals surface area contributed by atoms with Gasteiger partial charge in [0.15, 0.2) is 0 Å². The molecule has 112 valence electrons. The van der Waals surface area contributed by atoms with Gasteiger partial charge in [-0.05, 0) is 17.7 Å². The Bertz CT molecular complexity index is 685. The van der Waals surface area contributed by atoms with Crippen molar-refractivity contribution in [2.75, 3.05) is 18.8 Å². The summed E-state index contributed by atoms with van der Waals surface area (Å²) < 4.78 is 33.1. The van der Waals surface area contributed by atoms with Crippen molar-refractivity contribution in [1.82, 2.24) is 4.31 Å². The van der Waals surface area contributed by atoms with Crippen molar-refractivity contribution in [2.45, 2.75) is 6.61 Å². The second kappa shape index (κ2) is 6.60. The summed E-state index contributed by atoms with van der Waals surface area (Å²) >= 11 is 0. The van der Waals surface area contributed by atoms with E-state index in [9.17, 15) is 8.42 Å². The number of para-hydroxylation sites is 2. The van der Waals surface area contributed by atoms with Crippen LogP contribution in [-0.4, -0.2) is 26.8 Å². The van der Waals surface area contributed by atoms with Gasteiger partial charge in [-0.1, -0.05) is 42.5 Å². The Labute approximate surface area is 125 Å². The second-order valence-electron chi connectivity index (χ2n) is 4.66. The molecule has 0 fully saturated rings. The maximum atomic E-state index is 11.9. The van der Waals surface area contributed by atoms with E-state index in [1.54, 1.807) is 24.3 Å². The molecule has 6 heteroatoms. The van der Waals surface area contributed by atoms with Gasteiger partial charge in [-0.3, -0.25) is 4.72 Å². The first-order chi connectivity index (χ1) is 9.99. The molecule has 0 radical (unpaired) electrons. The fourth-order valence-electron chi connectivity index (χ4n) is 1.64. The zero-order valence-corrected chi connectivity index (χ0v) is 12.8. The quantitative estimate of drug-likeness (QED) is 0.892. The zero-order valence-electron chi connectivity index (χ0n) is 12.0. The van der Waals surface area contributed by atoms with Crippen molar-refractivity contribution in [3.8, 4) is 5.75 Å². The lowest BCUT2D eigenvalue weighted by atomic mass is 10.2. The molecule has 0 aliphatic carbocycles. The standard InChI is InChI=1S/C15H18N2O3S/c1-17(2)21(18,19)16-14-10-6-7-11-15(14)20-12-13-8-4-3-5-9-13/h3-11,16H,12H2,1-2H3. The number of hydrogen-bond donors (Lipinski definition) is 1. The molecule has 0 aliphatic heterocycles. The molecule has 0 aliphatic rings. The molecule has 0 atom stereocenters. The molecule has 2 aromatic carbocycles. The van der Waals surface area contributed by atoms with Crippen molar-refractivity contribution >= 4 is 15.9 Å². The molecule has 1 N–H and O–H groups in total. The van der Waals surface area contributed by atoms with E-state index in [-0.39, 0.29) is 0 Å². The third-order valence-corrected chi connectivity index (χ3v) is 4.28. The average molecular weight is 306 g/mol. The highest BCUT2D eigenvalue weighted by molar-refractivity contribution is 7.90. The van der Waals surface area contributed by atoms with Gasteiger partial charge >= 0.3 is 10.2 Å². The fourth-order valence-corrected chi connectivity index (χ4v) is 2.27. The predicted molar refractivity (Wildman–Crippen MR) is 83.4 cm³/mol. The summed E-state index contributed by atoms with van der Waals surface area (Å²) in [6.45, 7) is 0.377. The molecular formula is C15H18N2O3S. The smallest absolute Gasteiger partial charge is 0.301 e. The predicted octanol–water partition coefficient (Wildman–Crippen LogP) is 2.48. The molecule has 2 aromatic rings. The Hall–Kier alpha value is -2.05. The van der Waals surface area contributed by atoms with Gasteiger partial charge in [0.25, 0.3) is 0 Å². The molecule has 0 unspecified atom stereocenters. The van der Waals surface area contributed by atoms with E-state index >= 15 is 0 Å². The van der Waals surface area contributed by atoms with E-state index in [1.165, 1.54) is 14.1 Å². The minimum atomic E-state index is -3.55. The van der Waals surface area contributed by atoms with Crippen LogP contribution in [0, 0.1) is 0 Å². The Morgan fingerprint density at radius 2 is 1.62 bits per heavy atom. The van der Waals surface area contributed by atoms with Crippen LogP contribution in [0.2, 0.25) is 0 Å². The maximum absolute atomic E-state index is 11.9. The Morgan fingerprint density at radius 1 is 1.00 bits per heavy atom. The van der Waals surface area contributed by atoms with Crippen molar-refractivity contribution < 1.29 is 13.2 Å². The summed E-state index contributed by atoms with van der Waals surface area (Å²) in [6, 6.07) is 16.6. The molecule has 5 nitrogen and oxygen atoms in total. The van der Waals surface area contributed by atoms with Gasteiger partial charge in [-0.2, -0.15) is 12.7 Å². The first-order valence-electron chi connectivity index (χ1n) is 6.45. The number of rotatable bonds is 6. The lowest BCUT2D eigenvalue weighted by molar-refractivity contribution is 0.308. The zero-order chi connectivity index (χ0) is 15.3. The van der Waals surface area contributed by atoms with E-state index in [0.717, 1.165) is 9.87 Å². The molecular weight excluding hydrogens is 288 g/mol. The summed E-state index contributed by atoms with van der Waals surface area (Å²) in [5, 5.41) is 0. The lowest BCUT2D eigenvalue weighted by Gasteiger charge is -2.16. The number of benzene rings is 2.